The number of hydrogen-bond acceptors (Lipinski definition) is 6. The van der Waals surface area contributed by atoms with Crippen molar-refractivity contribution in [1.29, 1.82) is 0 Å². The Labute approximate surface area is 205 Å². The maximum Gasteiger partial charge on any atom is 0.271 e. The molecular formula is C24H20ClN5O3S. The van der Waals surface area contributed by atoms with Crippen LogP contribution in [0.3, 0.4) is 0 Å². The second-order valence-corrected chi connectivity index (χ2v) is 9.12. The molecule has 0 aliphatic carbocycles. The number of hydrogen-bond donors (Lipinski definition) is 1. The Balaban J connectivity index is 1.56. The van der Waals surface area contributed by atoms with Crippen LogP contribution in [0.15, 0.2) is 84.0 Å². The average Bonchev–Trinajstić information content (AvgIpc) is 3.23. The van der Waals surface area contributed by atoms with Crippen LogP contribution in [0.2, 0.25) is 5.02 Å². The van der Waals surface area contributed by atoms with Gasteiger partial charge in [0.25, 0.3) is 5.69 Å². The van der Waals surface area contributed by atoms with Crippen molar-refractivity contribution in [3.05, 3.63) is 105 Å². The van der Waals surface area contributed by atoms with Gasteiger partial charge < -0.3 is 5.32 Å². The summed E-state index contributed by atoms with van der Waals surface area (Å²) in [7, 11) is 0. The monoisotopic (exact) mass is 493 g/mol. The van der Waals surface area contributed by atoms with Gasteiger partial charge in [0.1, 0.15) is 5.82 Å². The van der Waals surface area contributed by atoms with Crippen LogP contribution in [-0.2, 0) is 11.2 Å². The van der Waals surface area contributed by atoms with Crippen molar-refractivity contribution in [3.63, 3.8) is 0 Å². The minimum atomic E-state index is -0.542. The zero-order valence-corrected chi connectivity index (χ0v) is 19.7. The van der Waals surface area contributed by atoms with Gasteiger partial charge in [-0.3, -0.25) is 19.5 Å². The maximum absolute atomic E-state index is 12.9. The highest BCUT2D eigenvalue weighted by Gasteiger charge is 2.22. The largest absolute Gasteiger partial charge is 0.324 e. The van der Waals surface area contributed by atoms with Crippen molar-refractivity contribution < 1.29 is 9.72 Å². The SMILES string of the molecule is CC(Sc1nnc(Cc2ccccc2)n1-c1ccccc1)C(=O)Nc1ccc([N+](=O)[O-])cc1Cl. The van der Waals surface area contributed by atoms with Crippen LogP contribution in [-0.4, -0.2) is 30.8 Å². The molecule has 0 bridgehead atoms. The summed E-state index contributed by atoms with van der Waals surface area (Å²) in [5.41, 5.74) is 2.15. The van der Waals surface area contributed by atoms with Crippen molar-refractivity contribution in [1.82, 2.24) is 14.8 Å². The van der Waals surface area contributed by atoms with Crippen LogP contribution in [0.4, 0.5) is 11.4 Å². The first kappa shape index (κ1) is 23.5. The Bertz CT molecular complexity index is 1310. The highest BCUT2D eigenvalue weighted by Crippen LogP contribution is 2.30. The van der Waals surface area contributed by atoms with Crippen molar-refractivity contribution >= 4 is 40.6 Å². The lowest BCUT2D eigenvalue weighted by molar-refractivity contribution is -0.384. The molecule has 172 valence electrons. The summed E-state index contributed by atoms with van der Waals surface area (Å²) in [5, 5.41) is 22.5. The molecule has 1 atom stereocenters. The lowest BCUT2D eigenvalue weighted by atomic mass is 10.1. The van der Waals surface area contributed by atoms with E-state index in [-0.39, 0.29) is 16.6 Å². The number of nitro benzene ring substituents is 1. The molecule has 4 aromatic rings. The number of halogens is 1. The van der Waals surface area contributed by atoms with Crippen molar-refractivity contribution in [3.8, 4) is 5.69 Å². The minimum absolute atomic E-state index is 0.0948. The average molecular weight is 494 g/mol. The molecule has 0 spiro atoms. The third-order valence-electron chi connectivity index (χ3n) is 4.99. The van der Waals surface area contributed by atoms with Crippen molar-refractivity contribution in [2.24, 2.45) is 0 Å². The number of carbonyl (C=O) groups excluding carboxylic acids is 1. The molecule has 1 N–H and O–H groups in total. The Kier molecular flexibility index (Phi) is 7.24. The summed E-state index contributed by atoms with van der Waals surface area (Å²) in [6, 6.07) is 23.6. The number of thioether (sulfide) groups is 1. The fourth-order valence-electron chi connectivity index (χ4n) is 3.27. The maximum atomic E-state index is 12.9. The molecule has 8 nitrogen and oxygen atoms in total. The first-order valence-corrected chi connectivity index (χ1v) is 11.6. The molecule has 1 unspecified atom stereocenters. The van der Waals surface area contributed by atoms with E-state index in [4.69, 9.17) is 11.6 Å². The molecular weight excluding hydrogens is 474 g/mol. The lowest BCUT2D eigenvalue weighted by Gasteiger charge is -2.14. The number of rotatable bonds is 8. The van der Waals surface area contributed by atoms with Gasteiger partial charge in [-0.25, -0.2) is 0 Å². The normalized spacial score (nSPS) is 11.7. The number of nitrogens with one attached hydrogen (secondary N) is 1. The van der Waals surface area contributed by atoms with Gasteiger partial charge in [0.15, 0.2) is 5.16 Å². The number of para-hydroxylation sites is 1. The van der Waals surface area contributed by atoms with E-state index in [1.807, 2.05) is 65.2 Å². The predicted octanol–water partition coefficient (Wildman–Crippen LogP) is 5.54. The van der Waals surface area contributed by atoms with Crippen LogP contribution in [0.1, 0.15) is 18.3 Å². The van der Waals surface area contributed by atoms with Crippen LogP contribution < -0.4 is 5.32 Å². The molecule has 4 rings (SSSR count). The summed E-state index contributed by atoms with van der Waals surface area (Å²) in [5.74, 6) is 0.443. The van der Waals surface area contributed by atoms with E-state index in [0.717, 1.165) is 17.1 Å². The van der Waals surface area contributed by atoms with E-state index in [0.29, 0.717) is 17.3 Å². The van der Waals surface area contributed by atoms with Gasteiger partial charge in [0.05, 0.1) is 20.9 Å². The molecule has 1 amide bonds. The molecule has 0 fully saturated rings. The molecule has 3 aromatic carbocycles. The second-order valence-electron chi connectivity index (χ2n) is 7.40. The quantitative estimate of drug-likeness (QED) is 0.196. The molecule has 1 aromatic heterocycles. The van der Waals surface area contributed by atoms with Gasteiger partial charge in [-0.05, 0) is 30.7 Å². The van der Waals surface area contributed by atoms with Crippen LogP contribution >= 0.6 is 23.4 Å². The zero-order valence-electron chi connectivity index (χ0n) is 18.1. The molecule has 0 saturated carbocycles. The highest BCUT2D eigenvalue weighted by atomic mass is 35.5. The number of aromatic nitrogens is 3. The fraction of sp³-hybridized carbons (Fsp3) is 0.125. The molecule has 0 aliphatic rings. The number of carbonyl (C=O) groups is 1. The third kappa shape index (κ3) is 5.44. The van der Waals surface area contributed by atoms with Gasteiger partial charge in [0, 0.05) is 24.2 Å². The second kappa shape index (κ2) is 10.5. The Hall–Kier alpha value is -3.69. The Morgan fingerprint density at radius 2 is 1.76 bits per heavy atom. The molecule has 0 saturated heterocycles. The van der Waals surface area contributed by atoms with E-state index in [1.54, 1.807) is 6.92 Å². The summed E-state index contributed by atoms with van der Waals surface area (Å²) in [6.45, 7) is 1.75. The molecule has 1 heterocycles. The fourth-order valence-corrected chi connectivity index (χ4v) is 4.38. The summed E-state index contributed by atoms with van der Waals surface area (Å²) < 4.78 is 1.94. The number of anilines is 1. The first-order valence-electron chi connectivity index (χ1n) is 10.4. The molecule has 34 heavy (non-hydrogen) atoms. The van der Waals surface area contributed by atoms with Crippen LogP contribution in [0.25, 0.3) is 5.69 Å². The smallest absolute Gasteiger partial charge is 0.271 e. The molecule has 10 heteroatoms. The first-order chi connectivity index (χ1) is 16.4. The van der Waals surface area contributed by atoms with Gasteiger partial charge in [-0.1, -0.05) is 71.9 Å². The standard InChI is InChI=1S/C24H20ClN5O3S/c1-16(23(31)26-21-13-12-19(30(32)33)15-20(21)25)34-24-28-27-22(14-17-8-4-2-5-9-17)29(24)18-10-6-3-7-11-18/h2-13,15-16H,14H2,1H3,(H,26,31). The van der Waals surface area contributed by atoms with Crippen LogP contribution in [0, 0.1) is 10.1 Å². The van der Waals surface area contributed by atoms with Crippen molar-refractivity contribution in [2.45, 2.75) is 23.8 Å². The Morgan fingerprint density at radius 3 is 2.41 bits per heavy atom. The van der Waals surface area contributed by atoms with E-state index in [9.17, 15) is 14.9 Å². The molecule has 0 radical (unpaired) electrons. The predicted molar refractivity (Wildman–Crippen MR) is 133 cm³/mol. The van der Waals surface area contributed by atoms with Gasteiger partial charge in [-0.2, -0.15) is 0 Å². The third-order valence-corrected chi connectivity index (χ3v) is 6.35. The summed E-state index contributed by atoms with van der Waals surface area (Å²) in [4.78, 5) is 23.2. The number of nitro groups is 1. The van der Waals surface area contributed by atoms with E-state index in [2.05, 4.69) is 15.5 Å². The number of benzene rings is 3. The summed E-state index contributed by atoms with van der Waals surface area (Å²) in [6.07, 6.45) is 0.586. The summed E-state index contributed by atoms with van der Waals surface area (Å²) >= 11 is 7.38. The Morgan fingerprint density at radius 1 is 1.09 bits per heavy atom. The van der Waals surface area contributed by atoms with Crippen LogP contribution in [0.5, 0.6) is 0 Å². The van der Waals surface area contributed by atoms with Crippen molar-refractivity contribution in [2.75, 3.05) is 5.32 Å². The highest BCUT2D eigenvalue weighted by molar-refractivity contribution is 8.00. The topological polar surface area (TPSA) is 103 Å². The minimum Gasteiger partial charge on any atom is -0.324 e. The van der Waals surface area contributed by atoms with Gasteiger partial charge >= 0.3 is 0 Å². The number of nitrogens with zero attached hydrogens (tertiary/aromatic N) is 4. The number of amides is 1. The van der Waals surface area contributed by atoms with E-state index in [1.165, 1.54) is 30.0 Å². The number of non-ortho nitro benzene ring substituents is 1. The van der Waals surface area contributed by atoms with E-state index >= 15 is 0 Å². The lowest BCUT2D eigenvalue weighted by Crippen LogP contribution is -2.23. The molecule has 0 aliphatic heterocycles. The van der Waals surface area contributed by atoms with Gasteiger partial charge in [0.2, 0.25) is 5.91 Å². The van der Waals surface area contributed by atoms with E-state index < -0.39 is 10.2 Å². The van der Waals surface area contributed by atoms with Gasteiger partial charge in [-0.15, -0.1) is 10.2 Å². The zero-order chi connectivity index (χ0) is 24.1.